The molecule has 2 aliphatic heterocycles. The second kappa shape index (κ2) is 16.2. The molecule has 0 saturated carbocycles. The van der Waals surface area contributed by atoms with Gasteiger partial charge in [-0.25, -0.2) is 19.6 Å². The minimum Gasteiger partial charge on any atom is -0.453 e. The summed E-state index contributed by atoms with van der Waals surface area (Å²) in [7, 11) is 2.61. The predicted molar refractivity (Wildman–Crippen MR) is 217 cm³/mol. The van der Waals surface area contributed by atoms with Crippen molar-refractivity contribution >= 4 is 35.5 Å². The summed E-state index contributed by atoms with van der Waals surface area (Å²) in [5.41, 5.74) is 7.56. The molecule has 0 bridgehead atoms. The van der Waals surface area contributed by atoms with Crippen molar-refractivity contribution in [2.75, 3.05) is 20.8 Å². The minimum absolute atomic E-state index is 0.0898. The summed E-state index contributed by atoms with van der Waals surface area (Å²) in [4.78, 5) is 69.5. The molecule has 4 N–H and O–H groups in total. The Morgan fingerprint density at radius 2 is 1.59 bits per heavy atom. The van der Waals surface area contributed by atoms with Crippen molar-refractivity contribution in [1.82, 2.24) is 40.0 Å². The highest BCUT2D eigenvalue weighted by molar-refractivity contribution is 6.31. The fraction of sp³-hybridized carbons (Fsp3) is 0.395. The molecule has 3 aliphatic rings. The number of alkyl carbamates (subject to hydrolysis) is 2. The number of halogens is 1. The molecular formula is C43H47ClN8O6. The molecule has 3 amide bonds. The maximum Gasteiger partial charge on any atom is 0.407 e. The van der Waals surface area contributed by atoms with Gasteiger partial charge in [0, 0.05) is 48.9 Å². The summed E-state index contributed by atoms with van der Waals surface area (Å²) in [6, 6.07) is 17.0. The predicted octanol–water partition coefficient (Wildman–Crippen LogP) is 7.14. The minimum atomic E-state index is -0.724. The van der Waals surface area contributed by atoms with Crippen LogP contribution in [0.15, 0.2) is 67.0 Å². The number of carbonyl (C=O) groups excluding carboxylic acids is 4. The molecule has 5 atom stereocenters. The smallest absolute Gasteiger partial charge is 0.407 e. The molecule has 0 radical (unpaired) electrons. The number of methoxy groups -OCH3 is 2. The quantitative estimate of drug-likeness (QED) is 0.122. The van der Waals surface area contributed by atoms with Crippen molar-refractivity contribution < 1.29 is 28.7 Å². The van der Waals surface area contributed by atoms with E-state index >= 15 is 0 Å². The van der Waals surface area contributed by atoms with Gasteiger partial charge in [-0.1, -0.05) is 74.0 Å². The number of H-pyrrole nitrogens is 2. The molecule has 15 heteroatoms. The van der Waals surface area contributed by atoms with Crippen molar-refractivity contribution in [2.24, 2.45) is 5.92 Å². The Morgan fingerprint density at radius 3 is 2.28 bits per heavy atom. The molecular weight excluding hydrogens is 760 g/mol. The SMILES string of the molecule is COC(=O)N[C@H]1CCc2ccn3c2C1C(=O)C[C@H](c1ncc(-c2ccc(-c4ccc(-c5[nH]c([C@@H]6CCCN6C(=O)[C@@H](NC(=O)OC)C(C)C)nc5Cl)cc4)cc2)[nH]1)C3. The largest absolute Gasteiger partial charge is 0.453 e. The highest BCUT2D eigenvalue weighted by atomic mass is 35.5. The Balaban J connectivity index is 0.944. The van der Waals surface area contributed by atoms with Gasteiger partial charge in [0.15, 0.2) is 5.15 Å². The summed E-state index contributed by atoms with van der Waals surface area (Å²) in [5.74, 6) is 0.571. The molecule has 8 rings (SSSR count). The number of aromatic amines is 2. The zero-order valence-corrected chi connectivity index (χ0v) is 33.6. The van der Waals surface area contributed by atoms with Gasteiger partial charge in [-0.05, 0) is 59.9 Å². The van der Waals surface area contributed by atoms with E-state index in [-0.39, 0.29) is 35.6 Å². The van der Waals surface area contributed by atoms with E-state index in [0.29, 0.717) is 42.6 Å². The van der Waals surface area contributed by atoms with E-state index in [2.05, 4.69) is 48.4 Å². The number of Topliss-reactive ketones (excluding diaryl/α,β-unsaturated/α-hetero) is 1. The van der Waals surface area contributed by atoms with Gasteiger partial charge < -0.3 is 39.5 Å². The molecule has 1 saturated heterocycles. The zero-order chi connectivity index (χ0) is 40.7. The average Bonchev–Trinajstić information content (AvgIpc) is 4.05. The summed E-state index contributed by atoms with van der Waals surface area (Å²) in [6.07, 6.45) is 6.01. The Morgan fingerprint density at radius 1 is 0.897 bits per heavy atom. The third kappa shape index (κ3) is 7.48. The van der Waals surface area contributed by atoms with Crippen LogP contribution in [0.2, 0.25) is 5.15 Å². The van der Waals surface area contributed by atoms with Gasteiger partial charge in [-0.15, -0.1) is 0 Å². The highest BCUT2D eigenvalue weighted by Gasteiger charge is 2.42. The molecule has 302 valence electrons. The highest BCUT2D eigenvalue weighted by Crippen LogP contribution is 2.41. The standard InChI is InChI=1S/C43H47ClN8O6/c1-23(2)35(49-43(56)58-4)41(54)52-18-5-6-32(52)40-48-36(38(44)50-40)27-13-9-25(10-14-27)24-7-11-26(12-8-24)31-21-45-39(46-31)29-20-33(53)34-30(47-42(55)57-3)16-15-28-17-19-51(22-29)37(28)34/h7-14,17,19,21,23,29-30,32,34-35H,5-6,15-16,18,20,22H2,1-4H3,(H,45,46)(H,47,55)(H,48,50)(H,49,56)/t29-,30-,32-,34?,35-/m0/s1. The van der Waals surface area contributed by atoms with Gasteiger partial charge in [-0.2, -0.15) is 0 Å². The molecule has 1 unspecified atom stereocenters. The molecule has 2 aromatic carbocycles. The number of imidazole rings is 2. The monoisotopic (exact) mass is 806 g/mol. The van der Waals surface area contributed by atoms with E-state index in [1.807, 2.05) is 62.6 Å². The van der Waals surface area contributed by atoms with Crippen LogP contribution >= 0.6 is 11.6 Å². The first kappa shape index (κ1) is 39.0. The number of carbonyl (C=O) groups is 4. The first-order chi connectivity index (χ1) is 28.0. The molecule has 5 heterocycles. The maximum atomic E-state index is 13.8. The lowest BCUT2D eigenvalue weighted by Gasteiger charge is -2.31. The number of rotatable bonds is 9. The number of likely N-dealkylation sites (tertiary alicyclic amines) is 1. The van der Waals surface area contributed by atoms with Crippen LogP contribution in [0.3, 0.4) is 0 Å². The number of nitrogens with one attached hydrogen (secondary N) is 4. The lowest BCUT2D eigenvalue weighted by atomic mass is 9.79. The Hall–Kier alpha value is -5.89. The summed E-state index contributed by atoms with van der Waals surface area (Å²) in [5, 5.41) is 5.91. The van der Waals surface area contributed by atoms with Crippen molar-refractivity contribution in [1.29, 1.82) is 0 Å². The number of hydrogen-bond acceptors (Lipinski definition) is 8. The summed E-state index contributed by atoms with van der Waals surface area (Å²) in [6.45, 7) is 4.93. The van der Waals surface area contributed by atoms with Gasteiger partial charge in [-0.3, -0.25) is 9.59 Å². The van der Waals surface area contributed by atoms with Gasteiger partial charge in [0.1, 0.15) is 23.5 Å². The molecule has 14 nitrogen and oxygen atoms in total. The van der Waals surface area contributed by atoms with Crippen LogP contribution in [-0.2, 0) is 32.0 Å². The first-order valence-electron chi connectivity index (χ1n) is 19.7. The molecule has 58 heavy (non-hydrogen) atoms. The van der Waals surface area contributed by atoms with E-state index < -0.39 is 24.1 Å². The Labute approximate surface area is 341 Å². The summed E-state index contributed by atoms with van der Waals surface area (Å²) >= 11 is 6.69. The van der Waals surface area contributed by atoms with Crippen LogP contribution < -0.4 is 10.6 Å². The van der Waals surface area contributed by atoms with E-state index in [1.165, 1.54) is 14.2 Å². The Bertz CT molecular complexity index is 2330. The topological polar surface area (TPSA) is 176 Å². The number of aryl methyl sites for hydroxylation is 1. The van der Waals surface area contributed by atoms with Crippen molar-refractivity contribution in [3.05, 3.63) is 95.1 Å². The number of ketones is 1. The van der Waals surface area contributed by atoms with Gasteiger partial charge >= 0.3 is 12.2 Å². The lowest BCUT2D eigenvalue weighted by molar-refractivity contribution is -0.135. The summed E-state index contributed by atoms with van der Waals surface area (Å²) < 4.78 is 11.8. The molecule has 1 aliphatic carbocycles. The third-order valence-electron chi connectivity index (χ3n) is 11.8. The van der Waals surface area contributed by atoms with Crippen LogP contribution in [-0.4, -0.2) is 86.1 Å². The average molecular weight is 807 g/mol. The van der Waals surface area contributed by atoms with Crippen LogP contribution in [0.4, 0.5) is 9.59 Å². The molecule has 1 fully saturated rings. The lowest BCUT2D eigenvalue weighted by Crippen LogP contribution is -2.51. The van der Waals surface area contributed by atoms with Crippen molar-refractivity contribution in [2.45, 2.75) is 82.5 Å². The molecule has 5 aromatic rings. The normalized spacial score (nSPS) is 20.7. The number of ether oxygens (including phenoxy) is 2. The van der Waals surface area contributed by atoms with Crippen molar-refractivity contribution in [3.8, 4) is 33.6 Å². The first-order valence-corrected chi connectivity index (χ1v) is 20.1. The maximum absolute atomic E-state index is 13.8. The van der Waals surface area contributed by atoms with Crippen LogP contribution in [0, 0.1) is 5.92 Å². The number of amides is 3. The second-order valence-electron chi connectivity index (χ2n) is 15.7. The van der Waals surface area contributed by atoms with Gasteiger partial charge in [0.25, 0.3) is 0 Å². The van der Waals surface area contributed by atoms with E-state index in [1.54, 1.807) is 4.90 Å². The number of aromatic nitrogens is 5. The number of benzene rings is 2. The number of nitrogens with zero attached hydrogens (tertiary/aromatic N) is 4. The van der Waals surface area contributed by atoms with Gasteiger partial charge in [0.05, 0.1) is 43.8 Å². The van der Waals surface area contributed by atoms with Crippen molar-refractivity contribution in [3.63, 3.8) is 0 Å². The van der Waals surface area contributed by atoms with Crippen LogP contribution in [0.1, 0.15) is 80.3 Å². The fourth-order valence-corrected chi connectivity index (χ4v) is 9.07. The van der Waals surface area contributed by atoms with E-state index in [0.717, 1.165) is 64.3 Å². The molecule has 0 spiro atoms. The fourth-order valence-electron chi connectivity index (χ4n) is 8.82. The third-order valence-corrected chi connectivity index (χ3v) is 12.1. The molecule has 3 aromatic heterocycles. The number of hydrogen-bond donors (Lipinski definition) is 4. The van der Waals surface area contributed by atoms with E-state index in [9.17, 15) is 19.2 Å². The van der Waals surface area contributed by atoms with Crippen LogP contribution in [0.25, 0.3) is 33.6 Å². The van der Waals surface area contributed by atoms with Crippen LogP contribution in [0.5, 0.6) is 0 Å². The van der Waals surface area contributed by atoms with E-state index in [4.69, 9.17) is 26.1 Å². The Kier molecular flexibility index (Phi) is 10.9. The second-order valence-corrected chi connectivity index (χ2v) is 16.0. The zero-order valence-electron chi connectivity index (χ0n) is 32.9. The van der Waals surface area contributed by atoms with Gasteiger partial charge in [0.2, 0.25) is 5.91 Å².